The summed E-state index contributed by atoms with van der Waals surface area (Å²) in [5.41, 5.74) is 5.21. The van der Waals surface area contributed by atoms with E-state index in [1.165, 1.54) is 44.6 Å². The molecule has 0 radical (unpaired) electrons. The second kappa shape index (κ2) is 7.06. The molecule has 1 aliphatic carbocycles. The van der Waals surface area contributed by atoms with E-state index >= 15 is 0 Å². The minimum atomic E-state index is 0.287. The molecule has 1 saturated heterocycles. The summed E-state index contributed by atoms with van der Waals surface area (Å²) in [5, 5.41) is 0.821. The van der Waals surface area contributed by atoms with Crippen LogP contribution in [0.25, 0.3) is 5.57 Å². The number of halogens is 1. The lowest BCUT2D eigenvalue weighted by atomic mass is 9.88. The molecule has 0 aromatic heterocycles. The number of allylic oxidation sites excluding steroid dienone is 1. The van der Waals surface area contributed by atoms with Crippen molar-refractivity contribution in [2.45, 2.75) is 53.0 Å². The second-order valence-electron chi connectivity index (χ2n) is 9.54. The normalized spacial score (nSPS) is 22.6. The van der Waals surface area contributed by atoms with Crippen molar-refractivity contribution in [3.8, 4) is 0 Å². The summed E-state index contributed by atoms with van der Waals surface area (Å²) in [6, 6.07) is 8.43. The van der Waals surface area contributed by atoms with Crippen LogP contribution in [0.3, 0.4) is 0 Å². The Kier molecular flexibility index (Phi) is 5.35. The topological polar surface area (TPSA) is 6.48 Å². The highest BCUT2D eigenvalue weighted by molar-refractivity contribution is 6.30. The predicted octanol–water partition coefficient (Wildman–Crippen LogP) is 5.33. The number of hydrogen-bond acceptors (Lipinski definition) is 2. The first-order valence-corrected chi connectivity index (χ1v) is 9.96. The fourth-order valence-corrected chi connectivity index (χ4v) is 4.43. The summed E-state index contributed by atoms with van der Waals surface area (Å²) in [4.78, 5) is 5.26. The van der Waals surface area contributed by atoms with Crippen LogP contribution in [-0.4, -0.2) is 48.1 Å². The number of benzene rings is 1. The van der Waals surface area contributed by atoms with Crippen molar-refractivity contribution in [2.24, 2.45) is 5.41 Å². The van der Waals surface area contributed by atoms with Gasteiger partial charge in [-0.3, -0.25) is 9.80 Å². The lowest BCUT2D eigenvalue weighted by Crippen LogP contribution is -2.53. The molecule has 2 aliphatic rings. The maximum atomic E-state index is 6.09. The Hall–Kier alpha value is -0.830. The van der Waals surface area contributed by atoms with Crippen LogP contribution in [0.2, 0.25) is 5.02 Å². The number of nitrogens with zero attached hydrogens (tertiary/aromatic N) is 2. The Labute approximate surface area is 158 Å². The number of rotatable bonds is 3. The van der Waals surface area contributed by atoms with Crippen LogP contribution in [0.4, 0.5) is 0 Å². The minimum absolute atomic E-state index is 0.287. The molecule has 3 rings (SSSR count). The van der Waals surface area contributed by atoms with E-state index in [1.807, 2.05) is 12.1 Å². The Morgan fingerprint density at radius 3 is 2.12 bits per heavy atom. The van der Waals surface area contributed by atoms with E-state index in [-0.39, 0.29) is 5.54 Å². The average Bonchev–Trinajstić information content (AvgIpc) is 2.82. The average molecular weight is 361 g/mol. The van der Waals surface area contributed by atoms with Gasteiger partial charge in [0.1, 0.15) is 0 Å². The summed E-state index contributed by atoms with van der Waals surface area (Å²) in [7, 11) is 0. The van der Waals surface area contributed by atoms with Gasteiger partial charge in [-0.05, 0) is 62.3 Å². The minimum Gasteiger partial charge on any atom is -0.297 e. The number of hydrogen-bond donors (Lipinski definition) is 0. The van der Waals surface area contributed by atoms with Crippen LogP contribution < -0.4 is 0 Å². The van der Waals surface area contributed by atoms with Crippen molar-refractivity contribution in [2.75, 3.05) is 32.7 Å². The quantitative estimate of drug-likeness (QED) is 0.718. The van der Waals surface area contributed by atoms with Gasteiger partial charge in [0.05, 0.1) is 0 Å². The Bertz CT molecular complexity index is 629. The Balaban J connectivity index is 1.72. The molecule has 1 aromatic carbocycles. The fraction of sp³-hybridized carbons (Fsp3) is 0.636. The fourth-order valence-electron chi connectivity index (χ4n) is 4.31. The maximum absolute atomic E-state index is 6.09. The van der Waals surface area contributed by atoms with Crippen LogP contribution >= 0.6 is 11.6 Å². The zero-order valence-corrected chi connectivity index (χ0v) is 17.3. The molecular weight excluding hydrogens is 328 g/mol. The highest BCUT2D eigenvalue weighted by atomic mass is 35.5. The molecule has 1 aliphatic heterocycles. The van der Waals surface area contributed by atoms with Gasteiger partial charge in [-0.25, -0.2) is 0 Å². The standard InChI is InChI=1S/C22H33ClN2/c1-21(2,3)25-12-10-24(11-13-25)16-18-14-22(4,5)15-20(18)17-6-8-19(23)9-7-17/h6-9H,10-16H2,1-5H3. The summed E-state index contributed by atoms with van der Waals surface area (Å²) in [6.07, 6.45) is 2.39. The molecule has 1 fully saturated rings. The first-order valence-electron chi connectivity index (χ1n) is 9.58. The molecule has 138 valence electrons. The third-order valence-electron chi connectivity index (χ3n) is 5.70. The summed E-state index contributed by atoms with van der Waals surface area (Å²) in [6.45, 7) is 17.6. The largest absolute Gasteiger partial charge is 0.297 e. The highest BCUT2D eigenvalue weighted by Gasteiger charge is 2.33. The molecule has 1 aromatic rings. The van der Waals surface area contributed by atoms with E-state index in [9.17, 15) is 0 Å². The van der Waals surface area contributed by atoms with Crippen molar-refractivity contribution in [1.29, 1.82) is 0 Å². The molecule has 0 spiro atoms. The van der Waals surface area contributed by atoms with Crippen molar-refractivity contribution in [3.05, 3.63) is 40.4 Å². The molecule has 2 nitrogen and oxygen atoms in total. The SMILES string of the molecule is CC1(C)CC(CN2CCN(C(C)(C)C)CC2)=C(c2ccc(Cl)cc2)C1. The summed E-state index contributed by atoms with van der Waals surface area (Å²) >= 11 is 6.09. The van der Waals surface area contributed by atoms with Crippen LogP contribution in [0, 0.1) is 5.41 Å². The smallest absolute Gasteiger partial charge is 0.0406 e. The molecule has 0 atom stereocenters. The molecule has 0 N–H and O–H groups in total. The summed E-state index contributed by atoms with van der Waals surface area (Å²) in [5.74, 6) is 0. The Morgan fingerprint density at radius 2 is 1.56 bits per heavy atom. The zero-order chi connectivity index (χ0) is 18.2. The lowest BCUT2D eigenvalue weighted by Gasteiger charge is -2.42. The van der Waals surface area contributed by atoms with E-state index in [0.29, 0.717) is 5.41 Å². The molecule has 0 amide bonds. The van der Waals surface area contributed by atoms with E-state index in [2.05, 4.69) is 56.6 Å². The van der Waals surface area contributed by atoms with E-state index in [1.54, 1.807) is 11.1 Å². The van der Waals surface area contributed by atoms with Crippen molar-refractivity contribution >= 4 is 17.2 Å². The monoisotopic (exact) mass is 360 g/mol. The van der Waals surface area contributed by atoms with Gasteiger partial charge < -0.3 is 0 Å². The third-order valence-corrected chi connectivity index (χ3v) is 5.95. The first-order chi connectivity index (χ1) is 11.6. The molecular formula is C22H33ClN2. The van der Waals surface area contributed by atoms with E-state index < -0.39 is 0 Å². The van der Waals surface area contributed by atoms with E-state index in [4.69, 9.17) is 11.6 Å². The van der Waals surface area contributed by atoms with Crippen LogP contribution in [0.5, 0.6) is 0 Å². The molecule has 1 heterocycles. The summed E-state index contributed by atoms with van der Waals surface area (Å²) < 4.78 is 0. The van der Waals surface area contributed by atoms with Crippen molar-refractivity contribution in [3.63, 3.8) is 0 Å². The maximum Gasteiger partial charge on any atom is 0.0406 e. The van der Waals surface area contributed by atoms with Crippen molar-refractivity contribution < 1.29 is 0 Å². The lowest BCUT2D eigenvalue weighted by molar-refractivity contribution is 0.0660. The van der Waals surface area contributed by atoms with Crippen molar-refractivity contribution in [1.82, 2.24) is 9.80 Å². The van der Waals surface area contributed by atoms with Gasteiger partial charge >= 0.3 is 0 Å². The highest BCUT2D eigenvalue weighted by Crippen LogP contribution is 2.46. The van der Waals surface area contributed by atoms with Gasteiger partial charge in [0, 0.05) is 43.3 Å². The molecule has 25 heavy (non-hydrogen) atoms. The third kappa shape index (κ3) is 4.67. The first kappa shape index (κ1) is 18.9. The molecule has 3 heteroatoms. The van der Waals surface area contributed by atoms with Crippen LogP contribution in [-0.2, 0) is 0 Å². The van der Waals surface area contributed by atoms with Gasteiger partial charge in [-0.1, -0.05) is 43.2 Å². The molecule has 0 saturated carbocycles. The van der Waals surface area contributed by atoms with Crippen LogP contribution in [0.1, 0.15) is 53.0 Å². The van der Waals surface area contributed by atoms with Gasteiger partial charge in [0.2, 0.25) is 0 Å². The van der Waals surface area contributed by atoms with E-state index in [0.717, 1.165) is 11.6 Å². The van der Waals surface area contributed by atoms with Gasteiger partial charge in [-0.15, -0.1) is 0 Å². The van der Waals surface area contributed by atoms with Crippen LogP contribution in [0.15, 0.2) is 29.8 Å². The molecule has 0 bridgehead atoms. The zero-order valence-electron chi connectivity index (χ0n) is 16.5. The van der Waals surface area contributed by atoms with Gasteiger partial charge in [0.25, 0.3) is 0 Å². The predicted molar refractivity (Wildman–Crippen MR) is 109 cm³/mol. The second-order valence-corrected chi connectivity index (χ2v) is 9.98. The Morgan fingerprint density at radius 1 is 0.960 bits per heavy atom. The molecule has 0 unspecified atom stereocenters. The number of piperazine rings is 1. The van der Waals surface area contributed by atoms with Gasteiger partial charge in [0.15, 0.2) is 0 Å². The van der Waals surface area contributed by atoms with Gasteiger partial charge in [-0.2, -0.15) is 0 Å².